The molecule has 3 heteroatoms. The molecule has 0 aromatic heterocycles. The Morgan fingerprint density at radius 2 is 2.06 bits per heavy atom. The van der Waals surface area contributed by atoms with E-state index in [9.17, 15) is 0 Å². The van der Waals surface area contributed by atoms with Gasteiger partial charge in [-0.25, -0.2) is 0 Å². The predicted octanol–water partition coefficient (Wildman–Crippen LogP) is 2.25. The van der Waals surface area contributed by atoms with Crippen LogP contribution in [0.1, 0.15) is 18.9 Å². The zero-order valence-electron chi connectivity index (χ0n) is 9.99. The van der Waals surface area contributed by atoms with Crippen LogP contribution in [0.3, 0.4) is 0 Å². The largest absolute Gasteiger partial charge is 0.329 e. The minimum atomic E-state index is 0.444. The molecule has 0 saturated heterocycles. The first kappa shape index (κ1) is 13.6. The minimum Gasteiger partial charge on any atom is -0.329 e. The van der Waals surface area contributed by atoms with Crippen molar-refractivity contribution < 1.29 is 0 Å². The summed E-state index contributed by atoms with van der Waals surface area (Å²) in [4.78, 5) is 0. The lowest BCUT2D eigenvalue weighted by molar-refractivity contribution is 0.508. The molecule has 0 spiro atoms. The Hall–Kier alpha value is -0.510. The van der Waals surface area contributed by atoms with Gasteiger partial charge in [0.2, 0.25) is 0 Å². The molecule has 1 rings (SSSR count). The van der Waals surface area contributed by atoms with Crippen LogP contribution in [0.15, 0.2) is 30.3 Å². The second kappa shape index (κ2) is 8.62. The van der Waals surface area contributed by atoms with E-state index in [1.54, 1.807) is 0 Å². The first-order chi connectivity index (χ1) is 7.86. The van der Waals surface area contributed by atoms with Gasteiger partial charge in [0, 0.05) is 19.1 Å². The molecule has 0 heterocycles. The summed E-state index contributed by atoms with van der Waals surface area (Å²) in [6.07, 6.45) is 1.15. The fourth-order valence-corrected chi connectivity index (χ4v) is 2.27. The second-order valence-electron chi connectivity index (χ2n) is 3.78. The third-order valence-corrected chi connectivity index (χ3v) is 3.47. The van der Waals surface area contributed by atoms with Gasteiger partial charge in [0.25, 0.3) is 0 Å². The maximum atomic E-state index is 5.75. The van der Waals surface area contributed by atoms with E-state index in [0.717, 1.165) is 19.5 Å². The van der Waals surface area contributed by atoms with Gasteiger partial charge in [-0.05, 0) is 23.5 Å². The summed E-state index contributed by atoms with van der Waals surface area (Å²) in [6.45, 7) is 3.83. The Kier molecular flexibility index (Phi) is 7.30. The van der Waals surface area contributed by atoms with Gasteiger partial charge in [-0.1, -0.05) is 37.3 Å². The standard InChI is InChI=1S/C13H22N2S/c1-2-16-9-8-13(10-14)15-11-12-6-4-3-5-7-12/h3-7,13,15H,2,8-11,14H2,1H3. The Balaban J connectivity index is 2.23. The summed E-state index contributed by atoms with van der Waals surface area (Å²) in [5, 5.41) is 3.51. The monoisotopic (exact) mass is 238 g/mol. The fraction of sp³-hybridized carbons (Fsp3) is 0.538. The Bertz CT molecular complexity index is 264. The van der Waals surface area contributed by atoms with Gasteiger partial charge < -0.3 is 11.1 Å². The highest BCUT2D eigenvalue weighted by Crippen LogP contribution is 2.05. The zero-order valence-corrected chi connectivity index (χ0v) is 10.8. The van der Waals surface area contributed by atoms with E-state index in [2.05, 4.69) is 36.5 Å². The van der Waals surface area contributed by atoms with E-state index < -0.39 is 0 Å². The molecular weight excluding hydrogens is 216 g/mol. The lowest BCUT2D eigenvalue weighted by Gasteiger charge is -2.16. The van der Waals surface area contributed by atoms with E-state index in [1.165, 1.54) is 17.1 Å². The summed E-state index contributed by atoms with van der Waals surface area (Å²) in [7, 11) is 0. The first-order valence-corrected chi connectivity index (χ1v) is 7.07. The van der Waals surface area contributed by atoms with Crippen LogP contribution >= 0.6 is 11.8 Å². The van der Waals surface area contributed by atoms with E-state index in [-0.39, 0.29) is 0 Å². The van der Waals surface area contributed by atoms with Crippen LogP contribution < -0.4 is 11.1 Å². The van der Waals surface area contributed by atoms with Crippen LogP contribution in [0.5, 0.6) is 0 Å². The van der Waals surface area contributed by atoms with Crippen LogP contribution in [0.2, 0.25) is 0 Å². The zero-order chi connectivity index (χ0) is 11.6. The Morgan fingerprint density at radius 1 is 1.31 bits per heavy atom. The van der Waals surface area contributed by atoms with Crippen molar-refractivity contribution in [2.45, 2.75) is 25.9 Å². The third kappa shape index (κ3) is 5.54. The van der Waals surface area contributed by atoms with Gasteiger partial charge in [0.05, 0.1) is 0 Å². The number of benzene rings is 1. The number of hydrogen-bond donors (Lipinski definition) is 2. The molecule has 90 valence electrons. The predicted molar refractivity (Wildman–Crippen MR) is 73.7 cm³/mol. The van der Waals surface area contributed by atoms with Crippen LogP contribution in [-0.4, -0.2) is 24.1 Å². The molecule has 3 N–H and O–H groups in total. The summed E-state index contributed by atoms with van der Waals surface area (Å²) < 4.78 is 0. The van der Waals surface area contributed by atoms with Crippen molar-refractivity contribution in [1.82, 2.24) is 5.32 Å². The molecule has 0 bridgehead atoms. The van der Waals surface area contributed by atoms with Crippen LogP contribution in [0.4, 0.5) is 0 Å². The molecular formula is C13H22N2S. The van der Waals surface area contributed by atoms with Gasteiger partial charge in [-0.3, -0.25) is 0 Å². The molecule has 1 atom stereocenters. The summed E-state index contributed by atoms with van der Waals surface area (Å²) in [5.41, 5.74) is 7.07. The lowest BCUT2D eigenvalue weighted by Crippen LogP contribution is -2.36. The molecule has 0 amide bonds. The SMILES string of the molecule is CCSCCC(CN)NCc1ccccc1. The molecule has 0 radical (unpaired) electrons. The molecule has 0 aliphatic heterocycles. The topological polar surface area (TPSA) is 38.0 Å². The number of nitrogens with two attached hydrogens (primary N) is 1. The van der Waals surface area contributed by atoms with Gasteiger partial charge in [-0.2, -0.15) is 11.8 Å². The van der Waals surface area contributed by atoms with Gasteiger partial charge in [-0.15, -0.1) is 0 Å². The van der Waals surface area contributed by atoms with Crippen LogP contribution in [-0.2, 0) is 6.54 Å². The number of nitrogens with one attached hydrogen (secondary N) is 1. The quantitative estimate of drug-likeness (QED) is 0.682. The summed E-state index contributed by atoms with van der Waals surface area (Å²) >= 11 is 1.98. The molecule has 0 saturated carbocycles. The van der Waals surface area contributed by atoms with Crippen LogP contribution in [0, 0.1) is 0 Å². The van der Waals surface area contributed by atoms with Crippen molar-refractivity contribution in [1.29, 1.82) is 0 Å². The van der Waals surface area contributed by atoms with Crippen molar-refractivity contribution in [2.24, 2.45) is 5.73 Å². The van der Waals surface area contributed by atoms with Gasteiger partial charge in [0.15, 0.2) is 0 Å². The van der Waals surface area contributed by atoms with Gasteiger partial charge >= 0.3 is 0 Å². The lowest BCUT2D eigenvalue weighted by atomic mass is 10.2. The Labute approximate surface area is 103 Å². The number of rotatable bonds is 8. The molecule has 0 aliphatic carbocycles. The molecule has 1 aromatic carbocycles. The average Bonchev–Trinajstić information content (AvgIpc) is 2.35. The highest BCUT2D eigenvalue weighted by Gasteiger charge is 2.05. The van der Waals surface area contributed by atoms with Crippen molar-refractivity contribution in [2.75, 3.05) is 18.1 Å². The van der Waals surface area contributed by atoms with E-state index >= 15 is 0 Å². The normalized spacial score (nSPS) is 12.6. The number of hydrogen-bond acceptors (Lipinski definition) is 3. The van der Waals surface area contributed by atoms with E-state index in [1.807, 2.05) is 17.8 Å². The van der Waals surface area contributed by atoms with Crippen molar-refractivity contribution >= 4 is 11.8 Å². The Morgan fingerprint density at radius 3 is 2.69 bits per heavy atom. The molecule has 0 aliphatic rings. The average molecular weight is 238 g/mol. The molecule has 1 aromatic rings. The summed E-state index contributed by atoms with van der Waals surface area (Å²) in [5.74, 6) is 2.39. The smallest absolute Gasteiger partial charge is 0.0208 e. The number of thioether (sulfide) groups is 1. The maximum absolute atomic E-state index is 5.75. The highest BCUT2D eigenvalue weighted by molar-refractivity contribution is 7.99. The summed E-state index contributed by atoms with van der Waals surface area (Å²) in [6, 6.07) is 10.9. The maximum Gasteiger partial charge on any atom is 0.0208 e. The minimum absolute atomic E-state index is 0.444. The van der Waals surface area contributed by atoms with Crippen molar-refractivity contribution in [3.63, 3.8) is 0 Å². The molecule has 2 nitrogen and oxygen atoms in total. The molecule has 16 heavy (non-hydrogen) atoms. The van der Waals surface area contributed by atoms with Crippen LogP contribution in [0.25, 0.3) is 0 Å². The third-order valence-electron chi connectivity index (χ3n) is 2.54. The fourth-order valence-electron chi connectivity index (χ4n) is 1.53. The van der Waals surface area contributed by atoms with E-state index in [4.69, 9.17) is 5.73 Å². The van der Waals surface area contributed by atoms with Crippen molar-refractivity contribution in [3.8, 4) is 0 Å². The highest BCUT2D eigenvalue weighted by atomic mass is 32.2. The van der Waals surface area contributed by atoms with Crippen molar-refractivity contribution in [3.05, 3.63) is 35.9 Å². The molecule has 1 unspecified atom stereocenters. The first-order valence-electron chi connectivity index (χ1n) is 5.92. The second-order valence-corrected chi connectivity index (χ2v) is 5.18. The molecule has 0 fully saturated rings. The van der Waals surface area contributed by atoms with E-state index in [0.29, 0.717) is 6.04 Å². The van der Waals surface area contributed by atoms with Gasteiger partial charge in [0.1, 0.15) is 0 Å².